The average Bonchev–Trinajstić information content (AvgIpc) is 3.00. The van der Waals surface area contributed by atoms with E-state index in [-0.39, 0.29) is 36.0 Å². The first-order chi connectivity index (χ1) is 15.2. The quantitative estimate of drug-likeness (QED) is 0.559. The molecule has 0 amide bonds. The van der Waals surface area contributed by atoms with E-state index in [2.05, 4.69) is 0 Å². The molecule has 2 atom stereocenters. The molecule has 2 aliphatic carbocycles. The monoisotopic (exact) mass is 435 g/mol. The van der Waals surface area contributed by atoms with E-state index in [9.17, 15) is 24.3 Å². The van der Waals surface area contributed by atoms with Gasteiger partial charge in [-0.2, -0.15) is 0 Å². The number of ether oxygens (including phenoxy) is 1. The number of methoxy groups -OCH3 is 1. The molecule has 1 aromatic carbocycles. The number of rotatable bonds is 2. The molecule has 5 rings (SSSR count). The van der Waals surface area contributed by atoms with Crippen LogP contribution >= 0.6 is 0 Å². The standard InChI is InChI=1S/C23H21N3O6/c1-11-8-16(27)14-10-15-13(6-7-25-22(30)24(2)23(31)26(15)25)19(20(14)21(11)29)12-4-5-18(32-3)17(28)9-12/h4-6,8-9,15,19,28H,7,10H2,1-3H3/t15-,19+/m1/s1. The molecule has 0 spiro atoms. The molecule has 0 bridgehead atoms. The lowest BCUT2D eigenvalue weighted by molar-refractivity contribution is -0.116. The summed E-state index contributed by atoms with van der Waals surface area (Å²) in [6, 6.07) is 4.25. The molecule has 0 saturated heterocycles. The summed E-state index contributed by atoms with van der Waals surface area (Å²) in [5, 5.41) is 10.4. The average molecular weight is 435 g/mol. The zero-order valence-electron chi connectivity index (χ0n) is 17.8. The van der Waals surface area contributed by atoms with Crippen molar-refractivity contribution in [3.63, 3.8) is 0 Å². The summed E-state index contributed by atoms with van der Waals surface area (Å²) >= 11 is 0. The van der Waals surface area contributed by atoms with Crippen LogP contribution in [0, 0.1) is 0 Å². The van der Waals surface area contributed by atoms with Gasteiger partial charge in [0, 0.05) is 36.1 Å². The fourth-order valence-corrected chi connectivity index (χ4v) is 5.01. The topological polar surface area (TPSA) is 113 Å². The number of carbonyl (C=O) groups excluding carboxylic acids is 2. The summed E-state index contributed by atoms with van der Waals surface area (Å²) in [4.78, 5) is 51.5. The smallest absolute Gasteiger partial charge is 0.347 e. The number of nitrogens with zero attached hydrogens (tertiary/aromatic N) is 3. The van der Waals surface area contributed by atoms with Crippen molar-refractivity contribution in [1.29, 1.82) is 0 Å². The molecule has 0 radical (unpaired) electrons. The Morgan fingerprint density at radius 1 is 1.12 bits per heavy atom. The molecule has 1 aromatic heterocycles. The maximum Gasteiger partial charge on any atom is 0.347 e. The molecular formula is C23H21N3O6. The van der Waals surface area contributed by atoms with Gasteiger partial charge in [0.05, 0.1) is 19.7 Å². The van der Waals surface area contributed by atoms with E-state index < -0.39 is 23.3 Å². The fourth-order valence-electron chi connectivity index (χ4n) is 5.01. The van der Waals surface area contributed by atoms with Crippen LogP contribution in [-0.2, 0) is 23.2 Å². The van der Waals surface area contributed by atoms with E-state index in [1.807, 2.05) is 6.08 Å². The Morgan fingerprint density at radius 2 is 1.88 bits per heavy atom. The van der Waals surface area contributed by atoms with Crippen molar-refractivity contribution in [2.45, 2.75) is 31.8 Å². The van der Waals surface area contributed by atoms with Gasteiger partial charge in [-0.15, -0.1) is 0 Å². The van der Waals surface area contributed by atoms with Gasteiger partial charge in [0.25, 0.3) is 0 Å². The second-order valence-electron chi connectivity index (χ2n) is 8.25. The molecule has 2 heterocycles. The van der Waals surface area contributed by atoms with Crippen LogP contribution in [0.2, 0.25) is 0 Å². The predicted molar refractivity (Wildman–Crippen MR) is 114 cm³/mol. The van der Waals surface area contributed by atoms with Crippen molar-refractivity contribution in [3.05, 3.63) is 79.2 Å². The van der Waals surface area contributed by atoms with E-state index in [0.717, 1.165) is 10.1 Å². The van der Waals surface area contributed by atoms with Gasteiger partial charge in [-0.3, -0.25) is 9.59 Å². The second-order valence-corrected chi connectivity index (χ2v) is 8.25. The third-order valence-corrected chi connectivity index (χ3v) is 6.56. The van der Waals surface area contributed by atoms with E-state index in [0.29, 0.717) is 22.3 Å². The summed E-state index contributed by atoms with van der Waals surface area (Å²) < 4.78 is 8.90. The maximum absolute atomic E-state index is 13.2. The SMILES string of the molecule is COc1ccc([C@H]2C3=CCn4c(=O)n(C)c(=O)n4[C@@H]3CC3=C2C(=O)C(C)=CC3=O)cc1O. The van der Waals surface area contributed by atoms with Crippen LogP contribution in [0.1, 0.15) is 30.9 Å². The number of hydrogen-bond donors (Lipinski definition) is 1. The number of fused-ring (bicyclic) bond motifs is 3. The van der Waals surface area contributed by atoms with E-state index >= 15 is 0 Å². The van der Waals surface area contributed by atoms with Gasteiger partial charge in [-0.25, -0.2) is 23.5 Å². The third kappa shape index (κ3) is 2.57. The summed E-state index contributed by atoms with van der Waals surface area (Å²) in [7, 11) is 2.85. The molecule has 32 heavy (non-hydrogen) atoms. The normalized spacial score (nSPS) is 22.1. The number of allylic oxidation sites excluding steroid dienone is 6. The number of phenols is 1. The van der Waals surface area contributed by atoms with Crippen molar-refractivity contribution in [2.75, 3.05) is 7.11 Å². The Balaban J connectivity index is 1.78. The molecule has 9 nitrogen and oxygen atoms in total. The number of hydrogen-bond acceptors (Lipinski definition) is 6. The van der Waals surface area contributed by atoms with Crippen LogP contribution in [0.25, 0.3) is 0 Å². The molecule has 1 N–H and O–H groups in total. The van der Waals surface area contributed by atoms with E-state index in [1.54, 1.807) is 19.1 Å². The fraction of sp³-hybridized carbons (Fsp3) is 0.304. The molecule has 164 valence electrons. The van der Waals surface area contributed by atoms with Crippen LogP contribution in [0.5, 0.6) is 11.5 Å². The lowest BCUT2D eigenvalue weighted by Gasteiger charge is -2.39. The number of aromatic hydroxyl groups is 1. The Kier molecular flexibility index (Phi) is 4.27. The van der Waals surface area contributed by atoms with E-state index in [4.69, 9.17) is 4.74 Å². The highest BCUT2D eigenvalue weighted by atomic mass is 16.5. The van der Waals surface area contributed by atoms with Crippen molar-refractivity contribution < 1.29 is 19.4 Å². The first-order valence-corrected chi connectivity index (χ1v) is 10.2. The highest BCUT2D eigenvalue weighted by Gasteiger charge is 2.44. The van der Waals surface area contributed by atoms with Gasteiger partial charge in [0.2, 0.25) is 0 Å². The highest BCUT2D eigenvalue weighted by molar-refractivity contribution is 6.23. The second kappa shape index (κ2) is 6.81. The minimum Gasteiger partial charge on any atom is -0.504 e. The number of aromatic nitrogens is 3. The third-order valence-electron chi connectivity index (χ3n) is 6.56. The minimum absolute atomic E-state index is 0.0960. The van der Waals surface area contributed by atoms with Gasteiger partial charge in [-0.05, 0) is 36.3 Å². The lowest BCUT2D eigenvalue weighted by atomic mass is 9.68. The molecule has 9 heteroatoms. The predicted octanol–water partition coefficient (Wildman–Crippen LogP) is 1.13. The zero-order chi connectivity index (χ0) is 22.9. The molecule has 2 aromatic rings. The summed E-state index contributed by atoms with van der Waals surface area (Å²) in [5.74, 6) is -0.967. The molecule has 3 aliphatic rings. The van der Waals surface area contributed by atoms with Crippen molar-refractivity contribution in [3.8, 4) is 11.5 Å². The van der Waals surface area contributed by atoms with Crippen LogP contribution < -0.4 is 16.1 Å². The molecule has 0 unspecified atom stereocenters. The number of carbonyl (C=O) groups is 2. The van der Waals surface area contributed by atoms with Gasteiger partial charge in [-0.1, -0.05) is 12.1 Å². The van der Waals surface area contributed by atoms with Crippen LogP contribution in [-0.4, -0.2) is 37.7 Å². The number of phenolic OH excluding ortho intramolecular Hbond substituents is 1. The Labute approximate surface area is 182 Å². The van der Waals surface area contributed by atoms with Crippen LogP contribution in [0.15, 0.2) is 62.2 Å². The largest absolute Gasteiger partial charge is 0.504 e. The van der Waals surface area contributed by atoms with Crippen molar-refractivity contribution >= 4 is 11.6 Å². The Bertz CT molecular complexity index is 1430. The van der Waals surface area contributed by atoms with Gasteiger partial charge < -0.3 is 9.84 Å². The number of Topliss-reactive ketones (excluding diaryl/α,β-unsaturated/α-hetero) is 1. The Hall–Kier alpha value is -3.88. The first-order valence-electron chi connectivity index (χ1n) is 10.2. The highest BCUT2D eigenvalue weighted by Crippen LogP contribution is 2.50. The first kappa shape index (κ1) is 20.0. The van der Waals surface area contributed by atoms with Crippen LogP contribution in [0.4, 0.5) is 0 Å². The van der Waals surface area contributed by atoms with Gasteiger partial charge in [0.15, 0.2) is 23.1 Å². The minimum atomic E-state index is -0.642. The molecule has 0 fully saturated rings. The maximum atomic E-state index is 13.2. The van der Waals surface area contributed by atoms with E-state index in [1.165, 1.54) is 35.7 Å². The number of benzene rings is 1. The summed E-state index contributed by atoms with van der Waals surface area (Å²) in [6.07, 6.45) is 3.30. The molecule has 1 aliphatic heterocycles. The van der Waals surface area contributed by atoms with Crippen molar-refractivity contribution in [2.24, 2.45) is 7.05 Å². The Morgan fingerprint density at radius 3 is 2.56 bits per heavy atom. The summed E-state index contributed by atoms with van der Waals surface area (Å²) in [6.45, 7) is 1.77. The summed E-state index contributed by atoms with van der Waals surface area (Å²) in [5.41, 5.74) is 1.47. The lowest BCUT2D eigenvalue weighted by Crippen LogP contribution is -2.40. The molecule has 0 saturated carbocycles. The van der Waals surface area contributed by atoms with Gasteiger partial charge >= 0.3 is 11.4 Å². The molecular weight excluding hydrogens is 414 g/mol. The van der Waals surface area contributed by atoms with Crippen LogP contribution in [0.3, 0.4) is 0 Å². The van der Waals surface area contributed by atoms with Gasteiger partial charge in [0.1, 0.15) is 0 Å². The van der Waals surface area contributed by atoms with Crippen molar-refractivity contribution in [1.82, 2.24) is 13.9 Å². The number of ketones is 2. The zero-order valence-corrected chi connectivity index (χ0v) is 17.8.